The summed E-state index contributed by atoms with van der Waals surface area (Å²) in [5, 5.41) is 2.91. The summed E-state index contributed by atoms with van der Waals surface area (Å²) in [6.07, 6.45) is 5.45. The molecular formula is C25H19N3O2. The molecular weight excluding hydrogens is 374 g/mol. The number of fused-ring (bicyclic) bond motifs is 1. The van der Waals surface area contributed by atoms with E-state index in [9.17, 15) is 4.79 Å². The number of imidazole rings is 1. The third kappa shape index (κ3) is 3.37. The fraction of sp³-hybridized carbons (Fsp3) is 0.0400. The van der Waals surface area contributed by atoms with Crippen LogP contribution in [0.3, 0.4) is 0 Å². The highest BCUT2D eigenvalue weighted by Crippen LogP contribution is 2.27. The average Bonchev–Trinajstić information content (AvgIpc) is 3.45. The van der Waals surface area contributed by atoms with Gasteiger partial charge < -0.3 is 14.1 Å². The number of nitrogens with zero attached hydrogens (tertiary/aromatic N) is 2. The molecule has 0 radical (unpaired) electrons. The predicted molar refractivity (Wildman–Crippen MR) is 117 cm³/mol. The zero-order valence-corrected chi connectivity index (χ0v) is 16.4. The number of aromatic nitrogens is 2. The van der Waals surface area contributed by atoms with Gasteiger partial charge in [-0.25, -0.2) is 4.98 Å². The molecule has 5 aromatic rings. The van der Waals surface area contributed by atoms with Crippen molar-refractivity contribution in [3.05, 3.63) is 103 Å². The molecule has 0 atom stereocenters. The van der Waals surface area contributed by atoms with Crippen LogP contribution in [0.15, 0.2) is 95.9 Å². The molecule has 3 heterocycles. The Balaban J connectivity index is 1.49. The number of nitrogens with one attached hydrogen (secondary N) is 1. The predicted octanol–water partition coefficient (Wildman–Crippen LogP) is 5.82. The molecule has 0 aliphatic rings. The van der Waals surface area contributed by atoms with Gasteiger partial charge in [0.1, 0.15) is 0 Å². The van der Waals surface area contributed by atoms with Crippen molar-refractivity contribution in [1.29, 1.82) is 0 Å². The van der Waals surface area contributed by atoms with Gasteiger partial charge in [-0.3, -0.25) is 4.79 Å². The minimum Gasteiger partial charge on any atom is -0.459 e. The molecule has 2 aromatic carbocycles. The van der Waals surface area contributed by atoms with E-state index in [1.165, 1.54) is 11.8 Å². The van der Waals surface area contributed by atoms with Crippen molar-refractivity contribution in [2.75, 3.05) is 5.32 Å². The molecule has 5 nitrogen and oxygen atoms in total. The zero-order valence-electron chi connectivity index (χ0n) is 16.4. The summed E-state index contributed by atoms with van der Waals surface area (Å²) >= 11 is 0. The van der Waals surface area contributed by atoms with E-state index in [0.717, 1.165) is 22.4 Å². The second-order valence-corrected chi connectivity index (χ2v) is 7.16. The Morgan fingerprint density at radius 1 is 0.900 bits per heavy atom. The lowest BCUT2D eigenvalue weighted by atomic mass is 10.0. The maximum Gasteiger partial charge on any atom is 0.291 e. The largest absolute Gasteiger partial charge is 0.459 e. The number of rotatable bonds is 4. The van der Waals surface area contributed by atoms with E-state index < -0.39 is 0 Å². The van der Waals surface area contributed by atoms with Crippen molar-refractivity contribution in [1.82, 2.24) is 9.38 Å². The van der Waals surface area contributed by atoms with E-state index in [1.54, 1.807) is 12.1 Å². The Kier molecular flexibility index (Phi) is 4.41. The van der Waals surface area contributed by atoms with Crippen LogP contribution in [0.2, 0.25) is 0 Å². The first-order valence-electron chi connectivity index (χ1n) is 9.67. The molecule has 0 aliphatic carbocycles. The summed E-state index contributed by atoms with van der Waals surface area (Å²) < 4.78 is 7.13. The lowest BCUT2D eigenvalue weighted by molar-refractivity contribution is 0.0996. The van der Waals surface area contributed by atoms with Crippen molar-refractivity contribution in [3.63, 3.8) is 0 Å². The summed E-state index contributed by atoms with van der Waals surface area (Å²) in [4.78, 5) is 17.2. The molecule has 0 bridgehead atoms. The number of furan rings is 1. The topological polar surface area (TPSA) is 59.5 Å². The fourth-order valence-electron chi connectivity index (χ4n) is 3.53. The van der Waals surface area contributed by atoms with Crippen LogP contribution in [-0.4, -0.2) is 15.3 Å². The molecule has 0 saturated carbocycles. The van der Waals surface area contributed by atoms with E-state index in [1.807, 2.05) is 48.0 Å². The van der Waals surface area contributed by atoms with Crippen LogP contribution in [0.5, 0.6) is 0 Å². The number of carbonyl (C=O) groups excluding carboxylic acids is 1. The van der Waals surface area contributed by atoms with Crippen LogP contribution in [0.4, 0.5) is 5.69 Å². The first kappa shape index (κ1) is 17.9. The van der Waals surface area contributed by atoms with Crippen molar-refractivity contribution in [2.24, 2.45) is 0 Å². The van der Waals surface area contributed by atoms with Crippen LogP contribution in [0.1, 0.15) is 16.1 Å². The van der Waals surface area contributed by atoms with E-state index in [2.05, 4.69) is 41.7 Å². The van der Waals surface area contributed by atoms with Crippen LogP contribution < -0.4 is 5.32 Å². The Morgan fingerprint density at radius 2 is 1.63 bits per heavy atom. The number of benzene rings is 2. The molecule has 0 spiro atoms. The number of hydrogen-bond acceptors (Lipinski definition) is 3. The van der Waals surface area contributed by atoms with Gasteiger partial charge >= 0.3 is 0 Å². The molecule has 30 heavy (non-hydrogen) atoms. The molecule has 0 aliphatic heterocycles. The van der Waals surface area contributed by atoms with Gasteiger partial charge in [-0.1, -0.05) is 54.6 Å². The number of anilines is 1. The second kappa shape index (κ2) is 7.37. The third-order valence-corrected chi connectivity index (χ3v) is 4.97. The number of carbonyl (C=O) groups is 1. The smallest absolute Gasteiger partial charge is 0.291 e. The average molecular weight is 393 g/mol. The first-order chi connectivity index (χ1) is 14.7. The molecule has 0 fully saturated rings. The molecule has 0 saturated heterocycles. The van der Waals surface area contributed by atoms with Crippen LogP contribution in [0.25, 0.3) is 28.0 Å². The molecule has 5 heteroatoms. The van der Waals surface area contributed by atoms with Gasteiger partial charge in [0.15, 0.2) is 11.4 Å². The third-order valence-electron chi connectivity index (χ3n) is 4.97. The Bertz CT molecular complexity index is 1320. The number of hydrogen-bond donors (Lipinski definition) is 1. The maximum absolute atomic E-state index is 12.4. The Hall–Kier alpha value is -4.12. The van der Waals surface area contributed by atoms with Gasteiger partial charge in [-0.05, 0) is 41.8 Å². The summed E-state index contributed by atoms with van der Waals surface area (Å²) in [5.41, 5.74) is 6.53. The molecule has 1 amide bonds. The summed E-state index contributed by atoms with van der Waals surface area (Å²) in [5.74, 6) is -0.0396. The Morgan fingerprint density at radius 3 is 2.37 bits per heavy atom. The first-order valence-corrected chi connectivity index (χ1v) is 9.67. The maximum atomic E-state index is 12.4. The highest BCUT2D eigenvalue weighted by molar-refractivity contribution is 6.04. The van der Waals surface area contributed by atoms with E-state index in [-0.39, 0.29) is 11.7 Å². The van der Waals surface area contributed by atoms with Crippen molar-refractivity contribution in [2.45, 2.75) is 6.92 Å². The molecule has 0 unspecified atom stereocenters. The highest BCUT2D eigenvalue weighted by Gasteiger charge is 2.14. The van der Waals surface area contributed by atoms with Gasteiger partial charge in [0.2, 0.25) is 0 Å². The minimum absolute atomic E-state index is 0.262. The van der Waals surface area contributed by atoms with Gasteiger partial charge in [0.25, 0.3) is 5.91 Å². The quantitative estimate of drug-likeness (QED) is 0.418. The SMILES string of the molecule is Cc1cc(NC(=O)c2ccco2)c2nc(-c3ccc(-c4ccccc4)cc3)cn2c1. The van der Waals surface area contributed by atoms with Gasteiger partial charge in [-0.15, -0.1) is 0 Å². The number of aryl methyl sites for hydroxylation is 1. The van der Waals surface area contributed by atoms with Gasteiger partial charge in [0.05, 0.1) is 17.6 Å². The Labute approximate surface area is 173 Å². The zero-order chi connectivity index (χ0) is 20.5. The molecule has 146 valence electrons. The lowest BCUT2D eigenvalue weighted by Crippen LogP contribution is -2.12. The standard InChI is InChI=1S/C25H19N3O2/c1-17-14-21(27-25(29)23-8-5-13-30-23)24-26-22(16-28(24)15-17)20-11-9-19(10-12-20)18-6-3-2-4-7-18/h2-16H,1H3,(H,27,29). The molecule has 1 N–H and O–H groups in total. The van der Waals surface area contributed by atoms with E-state index >= 15 is 0 Å². The summed E-state index contributed by atoms with van der Waals surface area (Å²) in [6, 6.07) is 23.8. The molecule has 5 rings (SSSR count). The summed E-state index contributed by atoms with van der Waals surface area (Å²) in [7, 11) is 0. The summed E-state index contributed by atoms with van der Waals surface area (Å²) in [6.45, 7) is 1.98. The van der Waals surface area contributed by atoms with Crippen LogP contribution >= 0.6 is 0 Å². The van der Waals surface area contributed by atoms with Gasteiger partial charge in [-0.2, -0.15) is 0 Å². The van der Waals surface area contributed by atoms with E-state index in [4.69, 9.17) is 9.40 Å². The van der Waals surface area contributed by atoms with Crippen LogP contribution in [-0.2, 0) is 0 Å². The van der Waals surface area contributed by atoms with Gasteiger partial charge in [0, 0.05) is 18.0 Å². The van der Waals surface area contributed by atoms with Crippen LogP contribution in [0, 0.1) is 6.92 Å². The fourth-order valence-corrected chi connectivity index (χ4v) is 3.53. The second-order valence-electron chi connectivity index (χ2n) is 7.16. The van der Waals surface area contributed by atoms with Crippen molar-refractivity contribution < 1.29 is 9.21 Å². The van der Waals surface area contributed by atoms with Crippen molar-refractivity contribution >= 4 is 17.2 Å². The lowest BCUT2D eigenvalue weighted by Gasteiger charge is -2.06. The minimum atomic E-state index is -0.302. The van der Waals surface area contributed by atoms with E-state index in [0.29, 0.717) is 11.3 Å². The number of amides is 1. The molecule has 3 aromatic heterocycles. The highest BCUT2D eigenvalue weighted by atomic mass is 16.3. The van der Waals surface area contributed by atoms with Crippen molar-refractivity contribution in [3.8, 4) is 22.4 Å². The monoisotopic (exact) mass is 393 g/mol. The number of pyridine rings is 1. The normalized spacial score (nSPS) is 11.0.